The summed E-state index contributed by atoms with van der Waals surface area (Å²) in [6, 6.07) is 8.31. The van der Waals surface area contributed by atoms with Crippen LogP contribution in [0.2, 0.25) is 0 Å². The molecule has 0 spiro atoms. The van der Waals surface area contributed by atoms with Gasteiger partial charge in [0.25, 0.3) is 11.0 Å². The Morgan fingerprint density at radius 2 is 1.93 bits per heavy atom. The van der Waals surface area contributed by atoms with Crippen LogP contribution in [0.4, 0.5) is 5.82 Å². The molecule has 1 aromatic heterocycles. The van der Waals surface area contributed by atoms with E-state index in [0.717, 1.165) is 49.6 Å². The Morgan fingerprint density at radius 3 is 2.52 bits per heavy atom. The smallest absolute Gasteiger partial charge is 0.295 e. The normalized spacial score (nSPS) is 15.1. The van der Waals surface area contributed by atoms with Crippen LogP contribution in [0.25, 0.3) is 11.3 Å². The molecule has 0 radical (unpaired) electrons. The van der Waals surface area contributed by atoms with Crippen molar-refractivity contribution in [2.45, 2.75) is 43.0 Å². The lowest BCUT2D eigenvalue weighted by Gasteiger charge is -2.24. The van der Waals surface area contributed by atoms with Gasteiger partial charge in [-0.3, -0.25) is 9.48 Å². The average Bonchev–Trinajstić information content (AvgIpc) is 3.10. The van der Waals surface area contributed by atoms with Crippen molar-refractivity contribution in [1.82, 2.24) is 9.78 Å². The first-order valence-electron chi connectivity index (χ1n) is 9.21. The Balaban J connectivity index is 1.90. The third kappa shape index (κ3) is 5.31. The SMILES string of the molecule is CS(=O)(=O)c1ccc(-c2cc(NC(=O)CO[N+](=O)[O-])nn2C2CCCCC2)cc1. The molecule has 29 heavy (non-hydrogen) atoms. The maximum atomic E-state index is 11.8. The molecular weight excluding hydrogens is 400 g/mol. The van der Waals surface area contributed by atoms with Gasteiger partial charge in [-0.2, -0.15) is 5.10 Å². The highest BCUT2D eigenvalue weighted by Gasteiger charge is 2.22. The first-order chi connectivity index (χ1) is 13.7. The molecule has 1 aliphatic carbocycles. The number of sulfone groups is 1. The molecule has 0 unspecified atom stereocenters. The summed E-state index contributed by atoms with van der Waals surface area (Å²) >= 11 is 0. The average molecular weight is 422 g/mol. The second-order valence-electron chi connectivity index (χ2n) is 6.99. The van der Waals surface area contributed by atoms with Crippen molar-refractivity contribution in [3.8, 4) is 11.3 Å². The summed E-state index contributed by atoms with van der Waals surface area (Å²) in [6.07, 6.45) is 6.37. The fourth-order valence-electron chi connectivity index (χ4n) is 3.44. The van der Waals surface area contributed by atoms with Crippen molar-refractivity contribution in [2.75, 3.05) is 18.2 Å². The number of benzene rings is 1. The molecule has 156 valence electrons. The van der Waals surface area contributed by atoms with Gasteiger partial charge in [0.1, 0.15) is 0 Å². The Labute approximate surface area is 167 Å². The Hall–Kier alpha value is -2.95. The number of nitrogens with zero attached hydrogens (tertiary/aromatic N) is 3. The molecular formula is C18H22N4O6S. The summed E-state index contributed by atoms with van der Waals surface area (Å²) in [7, 11) is -3.30. The quantitative estimate of drug-likeness (QED) is 0.535. The van der Waals surface area contributed by atoms with E-state index in [1.54, 1.807) is 18.2 Å². The van der Waals surface area contributed by atoms with Gasteiger partial charge in [-0.1, -0.05) is 31.4 Å². The molecule has 1 N–H and O–H groups in total. The lowest BCUT2D eigenvalue weighted by molar-refractivity contribution is -0.754. The molecule has 2 aromatic rings. The van der Waals surface area contributed by atoms with Crippen LogP contribution < -0.4 is 5.32 Å². The van der Waals surface area contributed by atoms with E-state index < -0.39 is 27.4 Å². The number of hydrogen-bond donors (Lipinski definition) is 1. The van der Waals surface area contributed by atoms with E-state index >= 15 is 0 Å². The maximum absolute atomic E-state index is 11.8. The monoisotopic (exact) mass is 422 g/mol. The lowest BCUT2D eigenvalue weighted by Crippen LogP contribution is -2.21. The third-order valence-electron chi connectivity index (χ3n) is 4.80. The molecule has 10 nitrogen and oxygen atoms in total. The van der Waals surface area contributed by atoms with Gasteiger partial charge in [0.15, 0.2) is 22.3 Å². The lowest BCUT2D eigenvalue weighted by atomic mass is 9.95. The highest BCUT2D eigenvalue weighted by atomic mass is 32.2. The minimum atomic E-state index is -3.30. The van der Waals surface area contributed by atoms with Crippen molar-refractivity contribution in [1.29, 1.82) is 0 Å². The Kier molecular flexibility index (Phi) is 6.16. The van der Waals surface area contributed by atoms with Crippen molar-refractivity contribution in [3.05, 3.63) is 40.4 Å². The summed E-state index contributed by atoms with van der Waals surface area (Å²) in [5, 5.41) is 16.2. The first-order valence-corrected chi connectivity index (χ1v) is 11.1. The largest absolute Gasteiger partial charge is 0.308 e. The van der Waals surface area contributed by atoms with E-state index in [1.807, 2.05) is 4.68 Å². The number of carbonyl (C=O) groups is 1. The minimum Gasteiger partial charge on any atom is -0.308 e. The number of amides is 1. The van der Waals surface area contributed by atoms with Crippen molar-refractivity contribution >= 4 is 21.6 Å². The van der Waals surface area contributed by atoms with Crippen LogP contribution in [0.3, 0.4) is 0 Å². The van der Waals surface area contributed by atoms with Crippen LogP contribution in [0, 0.1) is 10.1 Å². The van der Waals surface area contributed by atoms with Crippen molar-refractivity contribution in [3.63, 3.8) is 0 Å². The summed E-state index contributed by atoms with van der Waals surface area (Å²) in [5.74, 6) is -0.427. The molecule has 1 aliphatic rings. The highest BCUT2D eigenvalue weighted by molar-refractivity contribution is 7.90. The fourth-order valence-corrected chi connectivity index (χ4v) is 4.07. The molecule has 1 heterocycles. The van der Waals surface area contributed by atoms with E-state index in [1.165, 1.54) is 12.1 Å². The number of carbonyl (C=O) groups excluding carboxylic acids is 1. The van der Waals surface area contributed by atoms with Crippen molar-refractivity contribution in [2.24, 2.45) is 0 Å². The molecule has 0 saturated heterocycles. The van der Waals surface area contributed by atoms with Crippen LogP contribution in [0.15, 0.2) is 35.2 Å². The van der Waals surface area contributed by atoms with Gasteiger partial charge in [0, 0.05) is 12.3 Å². The first kappa shape index (κ1) is 20.8. The number of nitrogens with one attached hydrogen (secondary N) is 1. The van der Waals surface area contributed by atoms with Gasteiger partial charge in [-0.25, -0.2) is 8.42 Å². The minimum absolute atomic E-state index is 0.161. The molecule has 1 fully saturated rings. The van der Waals surface area contributed by atoms with Crippen LogP contribution in [0.1, 0.15) is 38.1 Å². The second kappa shape index (κ2) is 8.60. The second-order valence-corrected chi connectivity index (χ2v) is 9.01. The number of hydrogen-bond acceptors (Lipinski definition) is 7. The summed E-state index contributed by atoms with van der Waals surface area (Å²) in [5.41, 5.74) is 1.50. The van der Waals surface area contributed by atoms with Crippen molar-refractivity contribution < 1.29 is 23.1 Å². The standard InChI is InChI=1S/C18H22N4O6S/c1-29(26,27)15-9-7-13(8-10-15)16-11-17(19-18(23)12-28-22(24)25)20-21(16)14-5-3-2-4-6-14/h7-11,14H,2-6,12H2,1H3,(H,19,20,23). The van der Waals surface area contributed by atoms with Gasteiger partial charge < -0.3 is 10.2 Å². The molecule has 3 rings (SSSR count). The molecule has 0 aliphatic heterocycles. The van der Waals surface area contributed by atoms with E-state index in [-0.39, 0.29) is 16.8 Å². The van der Waals surface area contributed by atoms with Gasteiger partial charge in [0.2, 0.25) is 0 Å². The third-order valence-corrected chi connectivity index (χ3v) is 5.93. The van der Waals surface area contributed by atoms with E-state index in [2.05, 4.69) is 15.3 Å². The zero-order valence-electron chi connectivity index (χ0n) is 15.9. The highest BCUT2D eigenvalue weighted by Crippen LogP contribution is 2.34. The molecule has 1 amide bonds. The Bertz CT molecular complexity index is 994. The van der Waals surface area contributed by atoms with Crippen LogP contribution in [-0.4, -0.2) is 42.1 Å². The topological polar surface area (TPSA) is 133 Å². The van der Waals surface area contributed by atoms with Gasteiger partial charge in [-0.15, -0.1) is 10.1 Å². The number of rotatable bonds is 7. The molecule has 11 heteroatoms. The van der Waals surface area contributed by atoms with Crippen LogP contribution in [-0.2, 0) is 19.5 Å². The number of aromatic nitrogens is 2. The summed E-state index contributed by atoms with van der Waals surface area (Å²) < 4.78 is 25.3. The maximum Gasteiger partial charge on any atom is 0.295 e. The van der Waals surface area contributed by atoms with E-state index in [0.29, 0.717) is 0 Å². The zero-order valence-corrected chi connectivity index (χ0v) is 16.7. The predicted octanol–water partition coefficient (Wildman–Crippen LogP) is 2.61. The Morgan fingerprint density at radius 1 is 1.28 bits per heavy atom. The predicted molar refractivity (Wildman–Crippen MR) is 104 cm³/mol. The van der Waals surface area contributed by atoms with E-state index in [9.17, 15) is 23.3 Å². The molecule has 1 aromatic carbocycles. The molecule has 0 bridgehead atoms. The van der Waals surface area contributed by atoms with Crippen LogP contribution >= 0.6 is 0 Å². The molecule has 0 atom stereocenters. The van der Waals surface area contributed by atoms with Gasteiger partial charge in [-0.05, 0) is 30.5 Å². The summed E-state index contributed by atoms with van der Waals surface area (Å²) in [6.45, 7) is -0.721. The number of anilines is 1. The fraction of sp³-hybridized carbons (Fsp3) is 0.444. The molecule has 1 saturated carbocycles. The van der Waals surface area contributed by atoms with Crippen LogP contribution in [0.5, 0.6) is 0 Å². The van der Waals surface area contributed by atoms with Gasteiger partial charge >= 0.3 is 0 Å². The summed E-state index contributed by atoms with van der Waals surface area (Å²) in [4.78, 5) is 26.4. The zero-order chi connectivity index (χ0) is 21.0. The van der Waals surface area contributed by atoms with Gasteiger partial charge in [0.05, 0.1) is 16.6 Å². The van der Waals surface area contributed by atoms with E-state index in [4.69, 9.17) is 0 Å².